The Labute approximate surface area is 164 Å². The molecule has 1 aliphatic heterocycles. The van der Waals surface area contributed by atoms with Gasteiger partial charge in [-0.25, -0.2) is 8.42 Å². The van der Waals surface area contributed by atoms with E-state index in [1.165, 1.54) is 17.7 Å². The summed E-state index contributed by atoms with van der Waals surface area (Å²) in [6.45, 7) is 6.96. The molecule has 1 aromatic heterocycles. The number of aromatic nitrogens is 2. The van der Waals surface area contributed by atoms with Crippen LogP contribution in [0.2, 0.25) is 0 Å². The summed E-state index contributed by atoms with van der Waals surface area (Å²) in [4.78, 5) is 14.7. The summed E-state index contributed by atoms with van der Waals surface area (Å²) < 4.78 is 25.9. The molecule has 0 bridgehead atoms. The van der Waals surface area contributed by atoms with E-state index in [4.69, 9.17) is 0 Å². The van der Waals surface area contributed by atoms with Crippen molar-refractivity contribution in [2.75, 3.05) is 37.3 Å². The Balaban J connectivity index is 1.74. The topological polar surface area (TPSA) is 102 Å². The Morgan fingerprint density at radius 3 is 2.64 bits per heavy atom. The van der Waals surface area contributed by atoms with Crippen molar-refractivity contribution in [3.63, 3.8) is 0 Å². The molecule has 10 heteroatoms. The second-order valence-electron chi connectivity index (χ2n) is 7.00. The Kier molecular flexibility index (Phi) is 5.99. The van der Waals surface area contributed by atoms with Crippen molar-refractivity contribution in [3.8, 4) is 0 Å². The van der Waals surface area contributed by atoms with Crippen LogP contribution in [0.1, 0.15) is 18.9 Å². The van der Waals surface area contributed by atoms with E-state index in [-0.39, 0.29) is 10.6 Å². The van der Waals surface area contributed by atoms with Gasteiger partial charge in [0, 0.05) is 69.0 Å². The minimum atomic E-state index is -3.69. The van der Waals surface area contributed by atoms with Crippen LogP contribution >= 0.6 is 0 Å². The lowest BCUT2D eigenvalue weighted by Gasteiger charge is -2.24. The Bertz CT molecular complexity index is 957. The van der Waals surface area contributed by atoms with Crippen molar-refractivity contribution in [1.29, 1.82) is 0 Å². The standard InChI is InChI=1S/C18H25N5O4S/c1-3-22-14-15(12-19-22)13-20-7-4-8-21(10-9-20)16-5-6-17(23(24)25)18(11-16)28(2,26)27/h5-6,11-12,14H,3-4,7-10,13H2,1-2H3. The summed E-state index contributed by atoms with van der Waals surface area (Å²) in [5, 5.41) is 15.5. The summed E-state index contributed by atoms with van der Waals surface area (Å²) in [5.41, 5.74) is 1.49. The van der Waals surface area contributed by atoms with Crippen LogP contribution in [0.3, 0.4) is 0 Å². The number of nitro benzene ring substituents is 1. The Hall–Kier alpha value is -2.46. The van der Waals surface area contributed by atoms with E-state index in [1.54, 1.807) is 6.07 Å². The van der Waals surface area contributed by atoms with Crippen molar-refractivity contribution in [1.82, 2.24) is 14.7 Å². The molecular weight excluding hydrogens is 382 g/mol. The van der Waals surface area contributed by atoms with Crippen LogP contribution in [0.25, 0.3) is 0 Å². The molecule has 2 aromatic rings. The van der Waals surface area contributed by atoms with Gasteiger partial charge in [-0.1, -0.05) is 0 Å². The first-order valence-corrected chi connectivity index (χ1v) is 11.1. The van der Waals surface area contributed by atoms with Crippen LogP contribution in [0.5, 0.6) is 0 Å². The van der Waals surface area contributed by atoms with E-state index < -0.39 is 14.8 Å². The summed E-state index contributed by atoms with van der Waals surface area (Å²) in [6, 6.07) is 4.34. The van der Waals surface area contributed by atoms with Crippen molar-refractivity contribution in [2.24, 2.45) is 0 Å². The van der Waals surface area contributed by atoms with E-state index in [0.29, 0.717) is 5.69 Å². The SMILES string of the molecule is CCn1cc(CN2CCCN(c3ccc([N+](=O)[O-])c(S(C)(=O)=O)c3)CC2)cn1. The Morgan fingerprint density at radius 2 is 2.00 bits per heavy atom. The first-order valence-electron chi connectivity index (χ1n) is 9.25. The van der Waals surface area contributed by atoms with Crippen molar-refractivity contribution >= 4 is 21.2 Å². The van der Waals surface area contributed by atoms with E-state index in [1.807, 2.05) is 10.9 Å². The lowest BCUT2D eigenvalue weighted by Crippen LogP contribution is -2.30. The molecule has 3 rings (SSSR count). The molecule has 2 heterocycles. The van der Waals surface area contributed by atoms with E-state index >= 15 is 0 Å². The van der Waals surface area contributed by atoms with Gasteiger partial charge >= 0.3 is 0 Å². The third kappa shape index (κ3) is 4.68. The van der Waals surface area contributed by atoms with Crippen LogP contribution in [0.15, 0.2) is 35.5 Å². The molecule has 0 atom stereocenters. The molecule has 1 aliphatic rings. The maximum Gasteiger partial charge on any atom is 0.288 e. The van der Waals surface area contributed by atoms with Crippen LogP contribution in [0, 0.1) is 10.1 Å². The lowest BCUT2D eigenvalue weighted by atomic mass is 10.2. The fourth-order valence-corrected chi connectivity index (χ4v) is 4.31. The fraction of sp³-hybridized carbons (Fsp3) is 0.500. The van der Waals surface area contributed by atoms with Gasteiger partial charge in [0.2, 0.25) is 0 Å². The molecule has 0 saturated carbocycles. The van der Waals surface area contributed by atoms with Gasteiger partial charge in [0.25, 0.3) is 5.69 Å². The first kappa shape index (κ1) is 20.3. The Morgan fingerprint density at radius 1 is 1.21 bits per heavy atom. The third-order valence-corrected chi connectivity index (χ3v) is 6.04. The van der Waals surface area contributed by atoms with Crippen LogP contribution in [-0.4, -0.2) is 60.5 Å². The number of rotatable bonds is 6. The molecule has 9 nitrogen and oxygen atoms in total. The molecule has 1 saturated heterocycles. The molecule has 0 amide bonds. The number of sulfone groups is 1. The van der Waals surface area contributed by atoms with Gasteiger partial charge in [0.15, 0.2) is 9.84 Å². The average molecular weight is 407 g/mol. The maximum atomic E-state index is 12.0. The number of aryl methyl sites for hydroxylation is 1. The molecule has 0 unspecified atom stereocenters. The van der Waals surface area contributed by atoms with E-state index in [0.717, 1.165) is 51.9 Å². The molecule has 0 N–H and O–H groups in total. The van der Waals surface area contributed by atoms with Gasteiger partial charge in [0.05, 0.1) is 11.1 Å². The van der Waals surface area contributed by atoms with Crippen LogP contribution in [0.4, 0.5) is 11.4 Å². The predicted molar refractivity (Wildman–Crippen MR) is 106 cm³/mol. The number of benzene rings is 1. The molecule has 0 aliphatic carbocycles. The zero-order valence-electron chi connectivity index (χ0n) is 16.1. The highest BCUT2D eigenvalue weighted by Gasteiger charge is 2.24. The zero-order chi connectivity index (χ0) is 20.3. The molecule has 1 fully saturated rings. The van der Waals surface area contributed by atoms with Crippen molar-refractivity contribution in [2.45, 2.75) is 31.3 Å². The summed E-state index contributed by atoms with van der Waals surface area (Å²) in [7, 11) is -3.69. The summed E-state index contributed by atoms with van der Waals surface area (Å²) >= 11 is 0. The quantitative estimate of drug-likeness (QED) is 0.532. The first-order chi connectivity index (χ1) is 13.3. The van der Waals surface area contributed by atoms with Gasteiger partial charge in [-0.15, -0.1) is 0 Å². The summed E-state index contributed by atoms with van der Waals surface area (Å²) in [6.07, 6.45) is 5.87. The molecule has 0 radical (unpaired) electrons. The highest BCUT2D eigenvalue weighted by molar-refractivity contribution is 7.90. The second-order valence-corrected chi connectivity index (χ2v) is 8.99. The maximum absolute atomic E-state index is 12.0. The highest BCUT2D eigenvalue weighted by atomic mass is 32.2. The molecule has 0 spiro atoms. The van der Waals surface area contributed by atoms with Gasteiger partial charge in [-0.3, -0.25) is 19.7 Å². The predicted octanol–water partition coefficient (Wildman–Crippen LogP) is 1.93. The molecule has 28 heavy (non-hydrogen) atoms. The fourth-order valence-electron chi connectivity index (χ4n) is 3.45. The summed E-state index contributed by atoms with van der Waals surface area (Å²) in [5.74, 6) is 0. The van der Waals surface area contributed by atoms with Crippen LogP contribution < -0.4 is 4.90 Å². The number of anilines is 1. The van der Waals surface area contributed by atoms with Gasteiger partial charge in [-0.05, 0) is 25.5 Å². The third-order valence-electron chi connectivity index (χ3n) is 4.91. The molecule has 152 valence electrons. The number of hydrogen-bond donors (Lipinski definition) is 0. The zero-order valence-corrected chi connectivity index (χ0v) is 16.9. The molecule has 1 aromatic carbocycles. The number of hydrogen-bond acceptors (Lipinski definition) is 7. The van der Waals surface area contributed by atoms with Gasteiger partial charge < -0.3 is 4.90 Å². The van der Waals surface area contributed by atoms with Crippen LogP contribution in [-0.2, 0) is 22.9 Å². The van der Waals surface area contributed by atoms with Crippen molar-refractivity contribution < 1.29 is 13.3 Å². The average Bonchev–Trinajstić information content (AvgIpc) is 2.97. The number of nitro groups is 1. The minimum Gasteiger partial charge on any atom is -0.370 e. The normalized spacial score (nSPS) is 16.1. The largest absolute Gasteiger partial charge is 0.370 e. The highest BCUT2D eigenvalue weighted by Crippen LogP contribution is 2.29. The van der Waals surface area contributed by atoms with E-state index in [2.05, 4.69) is 28.0 Å². The number of nitrogens with zero attached hydrogens (tertiary/aromatic N) is 5. The second kappa shape index (κ2) is 8.27. The monoisotopic (exact) mass is 407 g/mol. The molecular formula is C18H25N5O4S. The smallest absolute Gasteiger partial charge is 0.288 e. The van der Waals surface area contributed by atoms with Gasteiger partial charge in [0.1, 0.15) is 4.90 Å². The van der Waals surface area contributed by atoms with Gasteiger partial charge in [-0.2, -0.15) is 5.10 Å². The van der Waals surface area contributed by atoms with Crippen molar-refractivity contribution in [3.05, 3.63) is 46.3 Å². The lowest BCUT2D eigenvalue weighted by molar-refractivity contribution is -0.387. The minimum absolute atomic E-state index is 0.233. The van der Waals surface area contributed by atoms with E-state index in [9.17, 15) is 18.5 Å².